The number of nitrogens with zero attached hydrogens (tertiary/aromatic N) is 2. The number of hydrogen-bond donors (Lipinski definition) is 3. The molecule has 1 aromatic carbocycles. The minimum Gasteiger partial charge on any atom is -0.378 e. The summed E-state index contributed by atoms with van der Waals surface area (Å²) >= 11 is 6.52. The van der Waals surface area contributed by atoms with Gasteiger partial charge < -0.3 is 15.0 Å². The summed E-state index contributed by atoms with van der Waals surface area (Å²) in [5, 5.41) is 2.95. The van der Waals surface area contributed by atoms with E-state index in [9.17, 15) is 13.2 Å². The van der Waals surface area contributed by atoms with Crippen molar-refractivity contribution in [2.24, 2.45) is 11.8 Å². The van der Waals surface area contributed by atoms with Gasteiger partial charge in [0.2, 0.25) is 15.9 Å². The fraction of sp³-hybridized carbons (Fsp3) is 0.696. The maximum atomic E-state index is 13.8. The van der Waals surface area contributed by atoms with Gasteiger partial charge in [0.15, 0.2) is 0 Å². The molecule has 4 unspecified atom stereocenters. The molecule has 11 heteroatoms. The Kier molecular flexibility index (Phi) is 7.07. The molecule has 4 fully saturated rings. The molecule has 0 spiro atoms. The van der Waals surface area contributed by atoms with Gasteiger partial charge in [-0.2, -0.15) is 4.31 Å². The monoisotopic (exact) mass is 511 g/mol. The second-order valence-electron chi connectivity index (χ2n) is 9.99. The molecular weight excluding hydrogens is 478 g/mol. The summed E-state index contributed by atoms with van der Waals surface area (Å²) in [6, 6.07) is 4.64. The van der Waals surface area contributed by atoms with Crippen molar-refractivity contribution in [3.05, 3.63) is 23.2 Å². The number of carbonyl (C=O) groups is 1. The van der Waals surface area contributed by atoms with E-state index in [1.54, 1.807) is 6.07 Å². The Hall–Kier alpha value is -1.43. The van der Waals surface area contributed by atoms with Crippen LogP contribution >= 0.6 is 11.6 Å². The van der Waals surface area contributed by atoms with Crippen molar-refractivity contribution in [1.82, 2.24) is 15.2 Å². The number of halogens is 1. The molecule has 0 bridgehead atoms. The highest BCUT2D eigenvalue weighted by Crippen LogP contribution is 2.38. The van der Waals surface area contributed by atoms with E-state index in [1.165, 1.54) is 4.31 Å². The fourth-order valence-corrected chi connectivity index (χ4v) is 8.81. The summed E-state index contributed by atoms with van der Waals surface area (Å²) < 4.78 is 34.4. The van der Waals surface area contributed by atoms with Gasteiger partial charge in [-0.15, -0.1) is 0 Å². The van der Waals surface area contributed by atoms with Gasteiger partial charge in [0.25, 0.3) is 0 Å². The van der Waals surface area contributed by atoms with Gasteiger partial charge in [-0.3, -0.25) is 15.6 Å². The second-order valence-corrected chi connectivity index (χ2v) is 12.5. The van der Waals surface area contributed by atoms with Gasteiger partial charge in [0, 0.05) is 37.9 Å². The average Bonchev–Trinajstić information content (AvgIpc) is 3.49. The summed E-state index contributed by atoms with van der Waals surface area (Å²) in [6.45, 7) is 6.15. The summed E-state index contributed by atoms with van der Waals surface area (Å²) in [5.41, 5.74) is 7.82. The lowest BCUT2D eigenvalue weighted by Gasteiger charge is -2.38. The van der Waals surface area contributed by atoms with Crippen molar-refractivity contribution < 1.29 is 17.9 Å². The second kappa shape index (κ2) is 9.91. The molecule has 1 saturated carbocycles. The highest BCUT2D eigenvalue weighted by atomic mass is 35.5. The number of ether oxygens (including phenoxy) is 1. The average molecular weight is 512 g/mol. The largest absolute Gasteiger partial charge is 0.378 e. The number of fused-ring (bicyclic) bond motifs is 1. The number of carbonyl (C=O) groups excluding carboxylic acids is 1. The third-order valence-electron chi connectivity index (χ3n) is 7.66. The Morgan fingerprint density at radius 3 is 2.76 bits per heavy atom. The first-order chi connectivity index (χ1) is 16.3. The Morgan fingerprint density at radius 1 is 1.21 bits per heavy atom. The minimum atomic E-state index is -3.64. The zero-order valence-electron chi connectivity index (χ0n) is 19.5. The van der Waals surface area contributed by atoms with E-state index in [4.69, 9.17) is 16.3 Å². The van der Waals surface area contributed by atoms with Crippen molar-refractivity contribution in [2.75, 3.05) is 49.6 Å². The lowest BCUT2D eigenvalue weighted by Crippen LogP contribution is -2.55. The van der Waals surface area contributed by atoms with Gasteiger partial charge in [0.1, 0.15) is 6.04 Å². The van der Waals surface area contributed by atoms with Gasteiger partial charge in [-0.1, -0.05) is 18.5 Å². The van der Waals surface area contributed by atoms with Crippen LogP contribution in [-0.4, -0.2) is 75.4 Å². The van der Waals surface area contributed by atoms with Crippen LogP contribution in [-0.2, 0) is 19.6 Å². The quantitative estimate of drug-likeness (QED) is 0.554. The van der Waals surface area contributed by atoms with Crippen LogP contribution in [0.3, 0.4) is 0 Å². The summed E-state index contributed by atoms with van der Waals surface area (Å²) in [7, 11) is -3.64. The number of rotatable bonds is 5. The SMILES string of the molecule is CC1CC2CNNC2C(S(=O)(=O)N2CCC[C@H]2C(=O)Nc2ccc(N3CCOCC3)c(Cl)c2)C1. The molecule has 5 atom stereocenters. The number of sulfonamides is 1. The zero-order valence-corrected chi connectivity index (χ0v) is 21.1. The standard InChI is InChI=1S/C23H34ClN5O4S/c1-15-11-16-14-25-27-22(16)21(12-15)34(31,32)29-6-2-3-20(29)23(30)26-17-4-5-19(18(24)13-17)28-7-9-33-10-8-28/h4-5,13,15-16,20-22,25,27H,2-3,6-12,14H2,1H3,(H,26,30)/t15?,16?,20-,21?,22?/m0/s1. The molecule has 1 amide bonds. The molecule has 1 aliphatic carbocycles. The van der Waals surface area contributed by atoms with Crippen molar-refractivity contribution in [3.63, 3.8) is 0 Å². The van der Waals surface area contributed by atoms with E-state index in [-0.39, 0.29) is 11.9 Å². The van der Waals surface area contributed by atoms with E-state index >= 15 is 0 Å². The normalized spacial score (nSPS) is 32.5. The maximum absolute atomic E-state index is 13.8. The molecule has 0 radical (unpaired) electrons. The number of hydrazine groups is 1. The number of morpholine rings is 1. The Labute approximate surface area is 206 Å². The highest BCUT2D eigenvalue weighted by molar-refractivity contribution is 7.89. The van der Waals surface area contributed by atoms with E-state index in [0.29, 0.717) is 61.6 Å². The van der Waals surface area contributed by atoms with Crippen LogP contribution in [0.25, 0.3) is 0 Å². The van der Waals surface area contributed by atoms with Crippen LogP contribution in [0.2, 0.25) is 5.02 Å². The van der Waals surface area contributed by atoms with E-state index in [2.05, 4.69) is 28.0 Å². The van der Waals surface area contributed by atoms with Crippen LogP contribution in [0.15, 0.2) is 18.2 Å². The molecule has 0 aromatic heterocycles. The van der Waals surface area contributed by atoms with Crippen molar-refractivity contribution in [2.45, 2.75) is 49.9 Å². The maximum Gasteiger partial charge on any atom is 0.242 e. The summed E-state index contributed by atoms with van der Waals surface area (Å²) in [4.78, 5) is 15.4. The van der Waals surface area contributed by atoms with Crippen molar-refractivity contribution in [1.29, 1.82) is 0 Å². The first kappa shape index (κ1) is 24.3. The van der Waals surface area contributed by atoms with Gasteiger partial charge >= 0.3 is 0 Å². The number of amides is 1. The first-order valence-corrected chi connectivity index (χ1v) is 14.1. The Balaban J connectivity index is 1.30. The van der Waals surface area contributed by atoms with Crippen LogP contribution in [0, 0.1) is 11.8 Å². The minimum absolute atomic E-state index is 0.114. The Morgan fingerprint density at radius 2 is 2.00 bits per heavy atom. The van der Waals surface area contributed by atoms with Crippen LogP contribution in [0.4, 0.5) is 11.4 Å². The molecule has 3 N–H and O–H groups in total. The molecule has 188 valence electrons. The van der Waals surface area contributed by atoms with Crippen LogP contribution in [0.5, 0.6) is 0 Å². The molecule has 4 aliphatic rings. The zero-order chi connectivity index (χ0) is 23.9. The molecular formula is C23H34ClN5O4S. The smallest absolute Gasteiger partial charge is 0.242 e. The van der Waals surface area contributed by atoms with E-state index < -0.39 is 21.3 Å². The Bertz CT molecular complexity index is 1020. The fourth-order valence-electron chi connectivity index (χ4n) is 5.99. The number of benzene rings is 1. The number of hydrogen-bond acceptors (Lipinski definition) is 7. The summed E-state index contributed by atoms with van der Waals surface area (Å²) in [6.07, 6.45) is 2.83. The lowest BCUT2D eigenvalue weighted by atomic mass is 9.79. The van der Waals surface area contributed by atoms with Gasteiger partial charge in [-0.25, -0.2) is 8.42 Å². The van der Waals surface area contributed by atoms with E-state index in [1.807, 2.05) is 12.1 Å². The lowest BCUT2D eigenvalue weighted by molar-refractivity contribution is -0.119. The van der Waals surface area contributed by atoms with Gasteiger partial charge in [0.05, 0.1) is 29.2 Å². The predicted molar refractivity (Wildman–Crippen MR) is 132 cm³/mol. The number of anilines is 2. The molecule has 1 aromatic rings. The van der Waals surface area contributed by atoms with Crippen molar-refractivity contribution >= 4 is 38.9 Å². The predicted octanol–water partition coefficient (Wildman–Crippen LogP) is 1.80. The molecule has 3 heterocycles. The summed E-state index contributed by atoms with van der Waals surface area (Å²) in [5.74, 6) is 0.337. The van der Waals surface area contributed by atoms with Crippen LogP contribution in [0.1, 0.15) is 32.6 Å². The molecule has 9 nitrogen and oxygen atoms in total. The van der Waals surface area contributed by atoms with E-state index in [0.717, 1.165) is 31.7 Å². The molecule has 3 saturated heterocycles. The molecule has 3 aliphatic heterocycles. The molecule has 5 rings (SSSR count). The number of nitrogens with one attached hydrogen (secondary N) is 3. The van der Waals surface area contributed by atoms with Crippen molar-refractivity contribution in [3.8, 4) is 0 Å². The molecule has 34 heavy (non-hydrogen) atoms. The first-order valence-electron chi connectivity index (χ1n) is 12.3. The van der Waals surface area contributed by atoms with Gasteiger partial charge in [-0.05, 0) is 55.7 Å². The van der Waals surface area contributed by atoms with Crippen LogP contribution < -0.4 is 21.1 Å². The third kappa shape index (κ3) is 4.68. The highest BCUT2D eigenvalue weighted by Gasteiger charge is 2.50. The third-order valence-corrected chi connectivity index (χ3v) is 10.3. The topological polar surface area (TPSA) is 103 Å².